The number of rotatable bonds is 7. The fourth-order valence-corrected chi connectivity index (χ4v) is 1.67. The fraction of sp³-hybridized carbons (Fsp3) is 0.400. The zero-order chi connectivity index (χ0) is 15.7. The molecule has 0 radical (unpaired) electrons. The first kappa shape index (κ1) is 16.7. The SMILES string of the molecule is CCNC(=O)c1cccc(NC(=O)CCC(=O)OCC)c1. The van der Waals surface area contributed by atoms with Crippen LogP contribution in [0.4, 0.5) is 5.69 Å². The summed E-state index contributed by atoms with van der Waals surface area (Å²) in [5, 5.41) is 5.33. The van der Waals surface area contributed by atoms with Gasteiger partial charge in [-0.1, -0.05) is 6.07 Å². The van der Waals surface area contributed by atoms with E-state index < -0.39 is 5.97 Å². The predicted molar refractivity (Wildman–Crippen MR) is 78.9 cm³/mol. The first-order valence-corrected chi connectivity index (χ1v) is 6.90. The second-order valence-corrected chi connectivity index (χ2v) is 4.29. The number of hydrogen-bond acceptors (Lipinski definition) is 4. The van der Waals surface area contributed by atoms with Crippen molar-refractivity contribution < 1.29 is 19.1 Å². The summed E-state index contributed by atoms with van der Waals surface area (Å²) >= 11 is 0. The first-order valence-electron chi connectivity index (χ1n) is 6.90. The van der Waals surface area contributed by atoms with Crippen molar-refractivity contribution in [3.05, 3.63) is 29.8 Å². The minimum absolute atomic E-state index is 0.0374. The maximum Gasteiger partial charge on any atom is 0.306 e. The third-order valence-corrected chi connectivity index (χ3v) is 2.61. The Hall–Kier alpha value is -2.37. The van der Waals surface area contributed by atoms with Crippen LogP contribution in [0, 0.1) is 0 Å². The average Bonchev–Trinajstić information content (AvgIpc) is 2.46. The molecule has 0 aliphatic heterocycles. The van der Waals surface area contributed by atoms with E-state index in [2.05, 4.69) is 10.6 Å². The van der Waals surface area contributed by atoms with Crippen LogP contribution in [-0.4, -0.2) is 30.9 Å². The van der Waals surface area contributed by atoms with Gasteiger partial charge in [0.05, 0.1) is 13.0 Å². The average molecular weight is 292 g/mol. The number of carbonyl (C=O) groups excluding carboxylic acids is 3. The van der Waals surface area contributed by atoms with E-state index in [1.54, 1.807) is 31.2 Å². The highest BCUT2D eigenvalue weighted by molar-refractivity contribution is 5.97. The Morgan fingerprint density at radius 3 is 2.57 bits per heavy atom. The van der Waals surface area contributed by atoms with Gasteiger partial charge in [0.1, 0.15) is 0 Å². The van der Waals surface area contributed by atoms with Gasteiger partial charge in [-0.2, -0.15) is 0 Å². The van der Waals surface area contributed by atoms with Gasteiger partial charge in [-0.15, -0.1) is 0 Å². The summed E-state index contributed by atoms with van der Waals surface area (Å²) in [5.74, 6) is -0.889. The standard InChI is InChI=1S/C15H20N2O4/c1-3-16-15(20)11-6-5-7-12(10-11)17-13(18)8-9-14(19)21-4-2/h5-7,10H,3-4,8-9H2,1-2H3,(H,16,20)(H,17,18). The molecule has 0 heterocycles. The Balaban J connectivity index is 2.54. The van der Waals surface area contributed by atoms with Crippen LogP contribution in [0.25, 0.3) is 0 Å². The zero-order valence-electron chi connectivity index (χ0n) is 12.3. The molecule has 0 unspecified atom stereocenters. The van der Waals surface area contributed by atoms with Crippen molar-refractivity contribution in [3.8, 4) is 0 Å². The van der Waals surface area contributed by atoms with Crippen molar-refractivity contribution in [3.63, 3.8) is 0 Å². The third-order valence-electron chi connectivity index (χ3n) is 2.61. The molecule has 1 rings (SSSR count). The van der Waals surface area contributed by atoms with Crippen LogP contribution in [0.2, 0.25) is 0 Å². The summed E-state index contributed by atoms with van der Waals surface area (Å²) in [6, 6.07) is 6.63. The smallest absolute Gasteiger partial charge is 0.306 e. The fourth-order valence-electron chi connectivity index (χ4n) is 1.67. The second kappa shape index (κ2) is 8.73. The maximum absolute atomic E-state index is 11.7. The van der Waals surface area contributed by atoms with Gasteiger partial charge in [0.25, 0.3) is 5.91 Å². The van der Waals surface area contributed by atoms with Gasteiger partial charge in [0, 0.05) is 24.2 Å². The van der Waals surface area contributed by atoms with E-state index in [0.717, 1.165) is 0 Å². The lowest BCUT2D eigenvalue weighted by molar-refractivity contribution is -0.144. The number of esters is 1. The van der Waals surface area contributed by atoms with E-state index in [0.29, 0.717) is 24.4 Å². The van der Waals surface area contributed by atoms with Crippen molar-refractivity contribution in [2.24, 2.45) is 0 Å². The molecule has 0 aliphatic carbocycles. The molecule has 0 aliphatic rings. The summed E-state index contributed by atoms with van der Waals surface area (Å²) in [6.45, 7) is 4.38. The summed E-state index contributed by atoms with van der Waals surface area (Å²) in [5.41, 5.74) is 0.993. The highest BCUT2D eigenvalue weighted by Crippen LogP contribution is 2.11. The van der Waals surface area contributed by atoms with E-state index >= 15 is 0 Å². The van der Waals surface area contributed by atoms with Gasteiger partial charge in [0.2, 0.25) is 5.91 Å². The summed E-state index contributed by atoms with van der Waals surface area (Å²) in [4.78, 5) is 34.6. The van der Waals surface area contributed by atoms with Gasteiger partial charge in [-0.05, 0) is 32.0 Å². The van der Waals surface area contributed by atoms with Gasteiger partial charge in [-0.25, -0.2) is 0 Å². The van der Waals surface area contributed by atoms with Crippen molar-refractivity contribution >= 4 is 23.5 Å². The van der Waals surface area contributed by atoms with Crippen LogP contribution >= 0.6 is 0 Å². The van der Waals surface area contributed by atoms with Crippen molar-refractivity contribution in [2.45, 2.75) is 26.7 Å². The van der Waals surface area contributed by atoms with Crippen molar-refractivity contribution in [1.29, 1.82) is 0 Å². The van der Waals surface area contributed by atoms with Gasteiger partial charge in [0.15, 0.2) is 0 Å². The van der Waals surface area contributed by atoms with E-state index in [-0.39, 0.29) is 24.7 Å². The molecule has 2 N–H and O–H groups in total. The molecular formula is C15H20N2O4. The first-order chi connectivity index (χ1) is 10.1. The predicted octanol–water partition coefficient (Wildman–Crippen LogP) is 1.72. The van der Waals surface area contributed by atoms with Gasteiger partial charge in [-0.3, -0.25) is 14.4 Å². The molecule has 0 saturated carbocycles. The third kappa shape index (κ3) is 6.07. The molecule has 0 aromatic heterocycles. The van der Waals surface area contributed by atoms with Crippen LogP contribution in [0.3, 0.4) is 0 Å². The van der Waals surface area contributed by atoms with Crippen LogP contribution in [0.15, 0.2) is 24.3 Å². The molecule has 1 aromatic rings. The molecular weight excluding hydrogens is 272 g/mol. The van der Waals surface area contributed by atoms with Crippen LogP contribution in [-0.2, 0) is 14.3 Å². The molecule has 114 valence electrons. The Morgan fingerprint density at radius 2 is 1.90 bits per heavy atom. The van der Waals surface area contributed by atoms with Crippen molar-refractivity contribution in [1.82, 2.24) is 5.32 Å². The number of carbonyl (C=O) groups is 3. The minimum Gasteiger partial charge on any atom is -0.466 e. The van der Waals surface area contributed by atoms with E-state index in [9.17, 15) is 14.4 Å². The maximum atomic E-state index is 11.7. The quantitative estimate of drug-likeness (QED) is 0.749. The lowest BCUT2D eigenvalue weighted by Crippen LogP contribution is -2.22. The molecule has 0 bridgehead atoms. The lowest BCUT2D eigenvalue weighted by Gasteiger charge is -2.07. The molecule has 0 atom stereocenters. The normalized spacial score (nSPS) is 9.81. The molecule has 1 aromatic carbocycles. The van der Waals surface area contributed by atoms with Crippen LogP contribution in [0.1, 0.15) is 37.0 Å². The van der Waals surface area contributed by atoms with Crippen molar-refractivity contribution in [2.75, 3.05) is 18.5 Å². The Morgan fingerprint density at radius 1 is 1.14 bits per heavy atom. The number of hydrogen-bond donors (Lipinski definition) is 2. The zero-order valence-corrected chi connectivity index (χ0v) is 12.3. The summed E-state index contributed by atoms with van der Waals surface area (Å²) < 4.78 is 4.75. The van der Waals surface area contributed by atoms with Crippen LogP contribution in [0.5, 0.6) is 0 Å². The topological polar surface area (TPSA) is 84.5 Å². The second-order valence-electron chi connectivity index (χ2n) is 4.29. The van der Waals surface area contributed by atoms with Gasteiger partial charge >= 0.3 is 5.97 Å². The van der Waals surface area contributed by atoms with Crippen LogP contribution < -0.4 is 10.6 Å². The summed E-state index contributed by atoms with van der Waals surface area (Å²) in [7, 11) is 0. The molecule has 0 saturated heterocycles. The Kier molecular flexibility index (Phi) is 6.94. The number of anilines is 1. The molecule has 21 heavy (non-hydrogen) atoms. The number of benzene rings is 1. The molecule has 0 spiro atoms. The monoisotopic (exact) mass is 292 g/mol. The minimum atomic E-state index is -0.399. The van der Waals surface area contributed by atoms with E-state index in [1.165, 1.54) is 0 Å². The molecule has 0 fully saturated rings. The highest BCUT2D eigenvalue weighted by Gasteiger charge is 2.09. The number of ether oxygens (including phenoxy) is 1. The van der Waals surface area contributed by atoms with E-state index in [4.69, 9.17) is 4.74 Å². The Labute approximate surface area is 123 Å². The number of amides is 2. The van der Waals surface area contributed by atoms with E-state index in [1.807, 2.05) is 6.92 Å². The Bertz CT molecular complexity index is 514. The molecule has 6 nitrogen and oxygen atoms in total. The molecule has 2 amide bonds. The number of nitrogens with one attached hydrogen (secondary N) is 2. The highest BCUT2D eigenvalue weighted by atomic mass is 16.5. The largest absolute Gasteiger partial charge is 0.466 e. The summed E-state index contributed by atoms with van der Waals surface area (Å²) in [6.07, 6.45) is 0.0832. The molecule has 6 heteroatoms. The van der Waals surface area contributed by atoms with Gasteiger partial charge < -0.3 is 15.4 Å². The lowest BCUT2D eigenvalue weighted by atomic mass is 10.2.